The third-order valence-corrected chi connectivity index (χ3v) is 6.41. The highest BCUT2D eigenvalue weighted by Crippen LogP contribution is 2.29. The van der Waals surface area contributed by atoms with Crippen LogP contribution in [0, 0.1) is 11.8 Å². The molecule has 0 aromatic carbocycles. The summed E-state index contributed by atoms with van der Waals surface area (Å²) in [7, 11) is 1.86. The van der Waals surface area contributed by atoms with Crippen molar-refractivity contribution in [3.8, 4) is 5.88 Å². The van der Waals surface area contributed by atoms with Gasteiger partial charge in [0, 0.05) is 45.6 Å². The number of guanidine groups is 1. The maximum absolute atomic E-state index is 6.21. The summed E-state index contributed by atoms with van der Waals surface area (Å²) in [6, 6.07) is 4.07. The first-order chi connectivity index (χ1) is 14.3. The molecule has 0 unspecified atom stereocenters. The molecule has 3 fully saturated rings. The number of aliphatic imine (C=N–C) groups is 1. The van der Waals surface area contributed by atoms with Crippen molar-refractivity contribution in [1.29, 1.82) is 0 Å². The second kappa shape index (κ2) is 10.3. The maximum atomic E-state index is 6.21. The zero-order chi connectivity index (χ0) is 19.9. The SMILES string of the molecule is CN=C(NCc1ccnc(OCC2CC2)c1)N1CCC(OCC2CCCC2)CC1. The van der Waals surface area contributed by atoms with Crippen LogP contribution in [-0.4, -0.2) is 55.3 Å². The molecule has 2 aliphatic carbocycles. The molecule has 1 aromatic heterocycles. The molecule has 2 saturated carbocycles. The molecular weight excluding hydrogens is 364 g/mol. The molecule has 1 saturated heterocycles. The number of pyridine rings is 1. The third-order valence-electron chi connectivity index (χ3n) is 6.41. The molecule has 6 heteroatoms. The van der Waals surface area contributed by atoms with E-state index in [0.717, 1.165) is 69.4 Å². The van der Waals surface area contributed by atoms with E-state index >= 15 is 0 Å². The van der Waals surface area contributed by atoms with Crippen LogP contribution in [0.3, 0.4) is 0 Å². The minimum atomic E-state index is 0.413. The first-order valence-electron chi connectivity index (χ1n) is 11.4. The van der Waals surface area contributed by atoms with E-state index in [0.29, 0.717) is 6.10 Å². The lowest BCUT2D eigenvalue weighted by Gasteiger charge is -2.34. The number of nitrogens with one attached hydrogen (secondary N) is 1. The van der Waals surface area contributed by atoms with Gasteiger partial charge in [0.2, 0.25) is 5.88 Å². The number of hydrogen-bond donors (Lipinski definition) is 1. The van der Waals surface area contributed by atoms with Crippen molar-refractivity contribution in [2.45, 2.75) is 64.0 Å². The zero-order valence-electron chi connectivity index (χ0n) is 17.8. The lowest BCUT2D eigenvalue weighted by Crippen LogP contribution is -2.46. The molecule has 0 amide bonds. The minimum Gasteiger partial charge on any atom is -0.477 e. The molecule has 1 aromatic rings. The van der Waals surface area contributed by atoms with Gasteiger partial charge >= 0.3 is 0 Å². The second-order valence-electron chi connectivity index (χ2n) is 8.83. The first-order valence-corrected chi connectivity index (χ1v) is 11.4. The van der Waals surface area contributed by atoms with Crippen molar-refractivity contribution < 1.29 is 9.47 Å². The summed E-state index contributed by atoms with van der Waals surface area (Å²) < 4.78 is 12.0. The number of nitrogens with zero attached hydrogens (tertiary/aromatic N) is 3. The Morgan fingerprint density at radius 3 is 2.59 bits per heavy atom. The molecule has 0 radical (unpaired) electrons. The van der Waals surface area contributed by atoms with Gasteiger partial charge in [-0.15, -0.1) is 0 Å². The molecule has 29 heavy (non-hydrogen) atoms. The summed E-state index contributed by atoms with van der Waals surface area (Å²) in [6.07, 6.45) is 12.5. The van der Waals surface area contributed by atoms with E-state index in [9.17, 15) is 0 Å². The Morgan fingerprint density at radius 1 is 1.10 bits per heavy atom. The van der Waals surface area contributed by atoms with Gasteiger partial charge in [-0.1, -0.05) is 12.8 Å². The number of hydrogen-bond acceptors (Lipinski definition) is 4. The first kappa shape index (κ1) is 20.5. The number of piperidine rings is 1. The smallest absolute Gasteiger partial charge is 0.213 e. The van der Waals surface area contributed by atoms with Crippen LogP contribution in [0.1, 0.15) is 56.9 Å². The Morgan fingerprint density at radius 2 is 1.86 bits per heavy atom. The highest BCUT2D eigenvalue weighted by molar-refractivity contribution is 5.79. The average molecular weight is 401 g/mol. The highest BCUT2D eigenvalue weighted by atomic mass is 16.5. The fourth-order valence-corrected chi connectivity index (χ4v) is 4.32. The third kappa shape index (κ3) is 6.33. The largest absolute Gasteiger partial charge is 0.477 e. The van der Waals surface area contributed by atoms with Crippen molar-refractivity contribution in [2.24, 2.45) is 16.8 Å². The van der Waals surface area contributed by atoms with E-state index in [1.54, 1.807) is 0 Å². The van der Waals surface area contributed by atoms with Crippen molar-refractivity contribution in [2.75, 3.05) is 33.4 Å². The lowest BCUT2D eigenvalue weighted by atomic mass is 10.1. The normalized spacial score (nSPS) is 21.6. The quantitative estimate of drug-likeness (QED) is 0.534. The van der Waals surface area contributed by atoms with Gasteiger partial charge in [-0.3, -0.25) is 4.99 Å². The summed E-state index contributed by atoms with van der Waals surface area (Å²) in [6.45, 7) is 4.49. The monoisotopic (exact) mass is 400 g/mol. The Balaban J connectivity index is 1.19. The van der Waals surface area contributed by atoms with Gasteiger partial charge in [-0.2, -0.15) is 0 Å². The summed E-state index contributed by atoms with van der Waals surface area (Å²) in [5.74, 6) is 3.24. The summed E-state index contributed by atoms with van der Waals surface area (Å²) in [4.78, 5) is 11.2. The Labute approximate surface area is 175 Å². The Kier molecular flexibility index (Phi) is 7.25. The van der Waals surface area contributed by atoms with Crippen molar-refractivity contribution >= 4 is 5.96 Å². The predicted molar refractivity (Wildman–Crippen MR) is 115 cm³/mol. The van der Waals surface area contributed by atoms with Crippen LogP contribution in [0.25, 0.3) is 0 Å². The number of likely N-dealkylation sites (tertiary alicyclic amines) is 1. The van der Waals surface area contributed by atoms with Crippen LogP contribution in [0.15, 0.2) is 23.3 Å². The summed E-state index contributed by atoms with van der Waals surface area (Å²) >= 11 is 0. The van der Waals surface area contributed by atoms with Crippen molar-refractivity contribution in [3.63, 3.8) is 0 Å². The predicted octanol–water partition coefficient (Wildman–Crippen LogP) is 3.62. The van der Waals surface area contributed by atoms with Crippen LogP contribution in [0.2, 0.25) is 0 Å². The van der Waals surface area contributed by atoms with Crippen LogP contribution in [0.4, 0.5) is 0 Å². The fourth-order valence-electron chi connectivity index (χ4n) is 4.32. The minimum absolute atomic E-state index is 0.413. The molecule has 0 atom stereocenters. The molecule has 2 heterocycles. The highest BCUT2D eigenvalue weighted by Gasteiger charge is 2.24. The Bertz CT molecular complexity index is 663. The van der Waals surface area contributed by atoms with Gasteiger partial charge in [0.25, 0.3) is 0 Å². The molecule has 0 spiro atoms. The van der Waals surface area contributed by atoms with Crippen molar-refractivity contribution in [3.05, 3.63) is 23.9 Å². The van der Waals surface area contributed by atoms with E-state index < -0.39 is 0 Å². The van der Waals surface area contributed by atoms with E-state index in [1.165, 1.54) is 44.1 Å². The van der Waals surface area contributed by atoms with Gasteiger partial charge < -0.3 is 19.7 Å². The van der Waals surface area contributed by atoms with Crippen LogP contribution < -0.4 is 10.1 Å². The molecule has 1 aliphatic heterocycles. The molecular formula is C23H36N4O2. The fraction of sp³-hybridized carbons (Fsp3) is 0.739. The average Bonchev–Trinajstić information content (AvgIpc) is 3.45. The van der Waals surface area contributed by atoms with Gasteiger partial charge in [-0.05, 0) is 62.0 Å². The topological polar surface area (TPSA) is 59.0 Å². The van der Waals surface area contributed by atoms with Crippen LogP contribution in [-0.2, 0) is 11.3 Å². The van der Waals surface area contributed by atoms with Gasteiger partial charge in [-0.25, -0.2) is 4.98 Å². The number of rotatable bonds is 8. The summed E-state index contributed by atoms with van der Waals surface area (Å²) in [5.41, 5.74) is 1.17. The summed E-state index contributed by atoms with van der Waals surface area (Å²) in [5, 5.41) is 3.50. The molecule has 160 valence electrons. The number of aromatic nitrogens is 1. The molecule has 1 N–H and O–H groups in total. The molecule has 6 nitrogen and oxygen atoms in total. The van der Waals surface area contributed by atoms with Crippen LogP contribution in [0.5, 0.6) is 5.88 Å². The zero-order valence-corrected chi connectivity index (χ0v) is 17.8. The standard InChI is InChI=1S/C23H36N4O2/c1-24-23(26-15-20-8-11-25-22(14-20)29-17-19-6-7-19)27-12-9-21(10-13-27)28-16-18-4-2-3-5-18/h8,11,14,18-19,21H,2-7,9-10,12-13,15-17H2,1H3,(H,24,26). The molecule has 0 bridgehead atoms. The molecule has 3 aliphatic rings. The van der Waals surface area contributed by atoms with Gasteiger partial charge in [0.15, 0.2) is 5.96 Å². The van der Waals surface area contributed by atoms with E-state index in [4.69, 9.17) is 9.47 Å². The van der Waals surface area contributed by atoms with Gasteiger partial charge in [0.05, 0.1) is 12.7 Å². The molecule has 4 rings (SSSR count). The number of ether oxygens (including phenoxy) is 2. The van der Waals surface area contributed by atoms with E-state index in [2.05, 4.69) is 20.2 Å². The Hall–Kier alpha value is -1.82. The van der Waals surface area contributed by atoms with E-state index in [-0.39, 0.29) is 0 Å². The van der Waals surface area contributed by atoms with E-state index in [1.807, 2.05) is 25.4 Å². The van der Waals surface area contributed by atoms with Gasteiger partial charge in [0.1, 0.15) is 0 Å². The van der Waals surface area contributed by atoms with Crippen molar-refractivity contribution in [1.82, 2.24) is 15.2 Å². The maximum Gasteiger partial charge on any atom is 0.213 e. The lowest BCUT2D eigenvalue weighted by molar-refractivity contribution is 0.00101. The second-order valence-corrected chi connectivity index (χ2v) is 8.83. The van der Waals surface area contributed by atoms with Crippen LogP contribution >= 0.6 is 0 Å².